The minimum Gasteiger partial charge on any atom is -0.380 e. The fraction of sp³-hybridized carbons (Fsp3) is 0.286. The second-order valence-electron chi connectivity index (χ2n) is 2.40. The molecule has 1 aromatic rings. The average molecular weight is 170 g/mol. The van der Waals surface area contributed by atoms with Crippen molar-refractivity contribution in [3.8, 4) is 0 Å². The van der Waals surface area contributed by atoms with Crippen molar-refractivity contribution in [2.45, 2.75) is 0 Å². The first-order valence-electron chi connectivity index (χ1n) is 3.49. The van der Waals surface area contributed by atoms with Gasteiger partial charge in [0.05, 0.1) is 22.6 Å². The lowest BCUT2D eigenvalue weighted by atomic mass is 10.3. The van der Waals surface area contributed by atoms with E-state index >= 15 is 0 Å². The summed E-state index contributed by atoms with van der Waals surface area (Å²) in [4.78, 5) is 3.96. The smallest absolute Gasteiger partial charge is 0.0841 e. The minimum atomic E-state index is 0.676. The van der Waals surface area contributed by atoms with Crippen LogP contribution in [0.3, 0.4) is 0 Å². The van der Waals surface area contributed by atoms with Gasteiger partial charge in [-0.2, -0.15) is 0 Å². The fourth-order valence-corrected chi connectivity index (χ4v) is 1.36. The summed E-state index contributed by atoms with van der Waals surface area (Å²) in [6, 6.07) is 0. The molecule has 0 radical (unpaired) electrons. The third kappa shape index (κ3) is 1.12. The molecule has 1 aliphatic heterocycles. The summed E-state index contributed by atoms with van der Waals surface area (Å²) in [6.07, 6.45) is 3.41. The molecule has 58 valence electrons. The summed E-state index contributed by atoms with van der Waals surface area (Å²) in [5.41, 5.74) is 1.96. The molecule has 2 heterocycles. The quantitative estimate of drug-likeness (QED) is 0.619. The Hall–Kier alpha value is -0.960. The van der Waals surface area contributed by atoms with Crippen molar-refractivity contribution < 1.29 is 0 Å². The lowest BCUT2D eigenvalue weighted by molar-refractivity contribution is 1.04. The summed E-state index contributed by atoms with van der Waals surface area (Å²) < 4.78 is 0. The summed E-state index contributed by atoms with van der Waals surface area (Å²) in [5.74, 6) is 0. The van der Waals surface area contributed by atoms with Crippen LogP contribution in [-0.2, 0) is 0 Å². The number of anilines is 2. The van der Waals surface area contributed by atoms with Gasteiger partial charge in [-0.1, -0.05) is 11.6 Å². The Balaban J connectivity index is 2.49. The molecular formula is C7H8ClN3. The molecular weight excluding hydrogens is 162 g/mol. The standard InChI is InChI=1S/C7H8ClN3/c8-5-3-9-4-6-7(5)11-2-1-10-6/h3-4,10-11H,1-2H2. The first-order chi connectivity index (χ1) is 5.38. The number of aromatic nitrogens is 1. The van der Waals surface area contributed by atoms with Crippen molar-refractivity contribution in [1.29, 1.82) is 0 Å². The predicted molar refractivity (Wildman–Crippen MR) is 46.2 cm³/mol. The van der Waals surface area contributed by atoms with Gasteiger partial charge >= 0.3 is 0 Å². The molecule has 3 nitrogen and oxygen atoms in total. The lowest BCUT2D eigenvalue weighted by Gasteiger charge is -2.19. The third-order valence-electron chi connectivity index (χ3n) is 1.64. The molecule has 0 spiro atoms. The first kappa shape index (κ1) is 6.73. The van der Waals surface area contributed by atoms with E-state index in [2.05, 4.69) is 15.6 Å². The van der Waals surface area contributed by atoms with Crippen LogP contribution in [-0.4, -0.2) is 18.1 Å². The lowest BCUT2D eigenvalue weighted by Crippen LogP contribution is -2.20. The highest BCUT2D eigenvalue weighted by Crippen LogP contribution is 2.30. The number of pyridine rings is 1. The minimum absolute atomic E-state index is 0.676. The number of nitrogens with one attached hydrogen (secondary N) is 2. The molecule has 0 amide bonds. The number of fused-ring (bicyclic) bond motifs is 1. The Bertz CT molecular complexity index is 274. The van der Waals surface area contributed by atoms with Crippen molar-refractivity contribution in [3.63, 3.8) is 0 Å². The highest BCUT2D eigenvalue weighted by atomic mass is 35.5. The molecule has 0 fully saturated rings. The van der Waals surface area contributed by atoms with Crippen molar-refractivity contribution in [2.24, 2.45) is 0 Å². The van der Waals surface area contributed by atoms with Gasteiger partial charge in [0.15, 0.2) is 0 Å². The van der Waals surface area contributed by atoms with Crippen LogP contribution in [0.15, 0.2) is 12.4 Å². The van der Waals surface area contributed by atoms with Crippen molar-refractivity contribution in [1.82, 2.24) is 4.98 Å². The van der Waals surface area contributed by atoms with Gasteiger partial charge < -0.3 is 10.6 Å². The van der Waals surface area contributed by atoms with E-state index in [1.54, 1.807) is 12.4 Å². The topological polar surface area (TPSA) is 37.0 Å². The number of halogens is 1. The van der Waals surface area contributed by atoms with Crippen LogP contribution in [0.1, 0.15) is 0 Å². The molecule has 0 aromatic carbocycles. The van der Waals surface area contributed by atoms with E-state index in [-0.39, 0.29) is 0 Å². The zero-order chi connectivity index (χ0) is 7.68. The van der Waals surface area contributed by atoms with Gasteiger partial charge in [0.25, 0.3) is 0 Å². The Morgan fingerprint density at radius 3 is 2.91 bits per heavy atom. The summed E-state index contributed by atoms with van der Waals surface area (Å²) in [7, 11) is 0. The monoisotopic (exact) mass is 169 g/mol. The van der Waals surface area contributed by atoms with Crippen LogP contribution >= 0.6 is 11.6 Å². The SMILES string of the molecule is Clc1cncc2c1NCCN2. The van der Waals surface area contributed by atoms with Gasteiger partial charge in [0.2, 0.25) is 0 Å². The van der Waals surface area contributed by atoms with Crippen molar-refractivity contribution >= 4 is 23.0 Å². The van der Waals surface area contributed by atoms with Crippen LogP contribution in [0.5, 0.6) is 0 Å². The summed E-state index contributed by atoms with van der Waals surface area (Å²) in [5, 5.41) is 7.07. The maximum Gasteiger partial charge on any atom is 0.0841 e. The van der Waals surface area contributed by atoms with E-state index in [4.69, 9.17) is 11.6 Å². The second-order valence-corrected chi connectivity index (χ2v) is 2.80. The third-order valence-corrected chi connectivity index (χ3v) is 1.93. The Kier molecular flexibility index (Phi) is 1.58. The average Bonchev–Trinajstić information content (AvgIpc) is 2.06. The molecule has 1 aromatic heterocycles. The van der Waals surface area contributed by atoms with Crippen LogP contribution in [0.2, 0.25) is 5.02 Å². The van der Waals surface area contributed by atoms with E-state index in [0.29, 0.717) is 5.02 Å². The van der Waals surface area contributed by atoms with Crippen LogP contribution < -0.4 is 10.6 Å². The predicted octanol–water partition coefficient (Wildman–Crippen LogP) is 1.57. The molecule has 0 saturated carbocycles. The normalized spacial score (nSPS) is 14.6. The number of hydrogen-bond donors (Lipinski definition) is 2. The van der Waals surface area contributed by atoms with E-state index in [1.807, 2.05) is 0 Å². The van der Waals surface area contributed by atoms with Crippen LogP contribution in [0.4, 0.5) is 11.4 Å². The highest BCUT2D eigenvalue weighted by Gasteiger charge is 2.09. The molecule has 0 atom stereocenters. The van der Waals surface area contributed by atoms with Gasteiger partial charge in [-0.3, -0.25) is 4.98 Å². The van der Waals surface area contributed by atoms with E-state index < -0.39 is 0 Å². The van der Waals surface area contributed by atoms with Crippen molar-refractivity contribution in [2.75, 3.05) is 23.7 Å². The maximum absolute atomic E-state index is 5.88. The van der Waals surface area contributed by atoms with Gasteiger partial charge in [0.1, 0.15) is 0 Å². The zero-order valence-corrected chi connectivity index (χ0v) is 6.65. The Labute approximate surface area is 69.8 Å². The maximum atomic E-state index is 5.88. The number of hydrogen-bond acceptors (Lipinski definition) is 3. The van der Waals surface area contributed by atoms with E-state index in [9.17, 15) is 0 Å². The van der Waals surface area contributed by atoms with Gasteiger partial charge in [-0.15, -0.1) is 0 Å². The molecule has 2 N–H and O–H groups in total. The summed E-state index contributed by atoms with van der Waals surface area (Å²) >= 11 is 5.88. The molecule has 11 heavy (non-hydrogen) atoms. The zero-order valence-electron chi connectivity index (χ0n) is 5.89. The molecule has 1 aliphatic rings. The highest BCUT2D eigenvalue weighted by molar-refractivity contribution is 6.33. The van der Waals surface area contributed by atoms with E-state index in [0.717, 1.165) is 24.5 Å². The Morgan fingerprint density at radius 1 is 1.27 bits per heavy atom. The second kappa shape index (κ2) is 2.58. The first-order valence-corrected chi connectivity index (χ1v) is 3.87. The Morgan fingerprint density at radius 2 is 2.09 bits per heavy atom. The molecule has 0 unspecified atom stereocenters. The van der Waals surface area contributed by atoms with Gasteiger partial charge in [0, 0.05) is 19.3 Å². The fourth-order valence-electron chi connectivity index (χ4n) is 1.13. The van der Waals surface area contributed by atoms with Gasteiger partial charge in [-0.25, -0.2) is 0 Å². The van der Waals surface area contributed by atoms with E-state index in [1.165, 1.54) is 0 Å². The number of nitrogens with zero attached hydrogens (tertiary/aromatic N) is 1. The molecule has 0 bridgehead atoms. The number of rotatable bonds is 0. The van der Waals surface area contributed by atoms with Crippen LogP contribution in [0, 0.1) is 0 Å². The van der Waals surface area contributed by atoms with Crippen molar-refractivity contribution in [3.05, 3.63) is 17.4 Å². The summed E-state index contributed by atoms with van der Waals surface area (Å²) in [6.45, 7) is 1.84. The molecule has 0 aliphatic carbocycles. The molecule has 0 saturated heterocycles. The van der Waals surface area contributed by atoms with Crippen LogP contribution in [0.25, 0.3) is 0 Å². The molecule has 4 heteroatoms. The molecule has 2 rings (SSSR count). The van der Waals surface area contributed by atoms with Gasteiger partial charge in [-0.05, 0) is 0 Å². The largest absolute Gasteiger partial charge is 0.380 e.